The quantitative estimate of drug-likeness (QED) is 0.770. The Balaban J connectivity index is 2.20. The summed E-state index contributed by atoms with van der Waals surface area (Å²) in [6.45, 7) is 8.97. The van der Waals surface area contributed by atoms with E-state index in [9.17, 15) is 10.0 Å². The Morgan fingerprint density at radius 3 is 2.50 bits per heavy atom. The van der Waals surface area contributed by atoms with Crippen molar-refractivity contribution in [3.8, 4) is 0 Å². The molecule has 1 aliphatic heterocycles. The molecular formula is C19H28N2O3. The van der Waals surface area contributed by atoms with Gasteiger partial charge in [-0.1, -0.05) is 51.1 Å². The van der Waals surface area contributed by atoms with Crippen LogP contribution in [0.5, 0.6) is 0 Å². The first-order chi connectivity index (χ1) is 11.4. The van der Waals surface area contributed by atoms with Crippen LogP contribution >= 0.6 is 0 Å². The van der Waals surface area contributed by atoms with Crippen LogP contribution in [0.15, 0.2) is 42.1 Å². The van der Waals surface area contributed by atoms with Crippen molar-refractivity contribution in [3.05, 3.63) is 47.7 Å². The Morgan fingerprint density at radius 2 is 1.92 bits per heavy atom. The maximum Gasteiger partial charge on any atom is 0.309 e. The molecule has 0 bridgehead atoms. The van der Waals surface area contributed by atoms with Gasteiger partial charge in [-0.3, -0.25) is 10.0 Å². The lowest BCUT2D eigenvalue weighted by molar-refractivity contribution is -0.222. The Labute approximate surface area is 144 Å². The van der Waals surface area contributed by atoms with Crippen LogP contribution in [0.3, 0.4) is 0 Å². The summed E-state index contributed by atoms with van der Waals surface area (Å²) in [6.07, 6.45) is 2.49. The van der Waals surface area contributed by atoms with Crippen LogP contribution in [0.25, 0.3) is 0 Å². The molecule has 0 radical (unpaired) electrons. The van der Waals surface area contributed by atoms with E-state index in [4.69, 9.17) is 4.74 Å². The van der Waals surface area contributed by atoms with Crippen LogP contribution in [0, 0.1) is 11.8 Å². The average molecular weight is 332 g/mol. The number of esters is 1. The third-order valence-corrected chi connectivity index (χ3v) is 4.07. The van der Waals surface area contributed by atoms with E-state index < -0.39 is 0 Å². The van der Waals surface area contributed by atoms with E-state index in [0.29, 0.717) is 18.9 Å². The molecule has 5 heteroatoms. The Bertz CT molecular complexity index is 571. The highest BCUT2D eigenvalue weighted by molar-refractivity contribution is 5.72. The van der Waals surface area contributed by atoms with Gasteiger partial charge in [-0.2, -0.15) is 10.2 Å². The molecule has 0 aliphatic carbocycles. The number of hydrogen-bond donors (Lipinski definition) is 1. The Hall–Kier alpha value is -1.85. The number of carbonyl (C=O) groups is 1. The van der Waals surface area contributed by atoms with Crippen molar-refractivity contribution in [2.45, 2.75) is 40.2 Å². The summed E-state index contributed by atoms with van der Waals surface area (Å²) in [5, 5.41) is 13.8. The molecule has 5 nitrogen and oxygen atoms in total. The van der Waals surface area contributed by atoms with Gasteiger partial charge in [0.15, 0.2) is 0 Å². The lowest BCUT2D eigenvalue weighted by Gasteiger charge is -2.32. The molecule has 0 saturated carbocycles. The first kappa shape index (κ1) is 18.5. The first-order valence-corrected chi connectivity index (χ1v) is 8.61. The number of hydrogen-bond acceptors (Lipinski definition) is 5. The lowest BCUT2D eigenvalue weighted by atomic mass is 10.0. The molecule has 0 aromatic heterocycles. The topological polar surface area (TPSA) is 53.0 Å². The predicted octanol–water partition coefficient (Wildman–Crippen LogP) is 3.78. The Kier molecular flexibility index (Phi) is 6.40. The van der Waals surface area contributed by atoms with Gasteiger partial charge in [-0.05, 0) is 24.5 Å². The standard InChI is InChI=1S/C19H28N2O3/c1-5-24-19(22)15(4)11-17-12-18(16-9-7-6-8-10-16)20(21(17)23)13-14(2)3/h6-10,12,14-15,18,23H,5,11,13H2,1-4H3. The number of ether oxygens (including phenoxy) is 1. The third-order valence-electron chi connectivity index (χ3n) is 4.07. The predicted molar refractivity (Wildman–Crippen MR) is 92.8 cm³/mol. The molecule has 1 aromatic rings. The zero-order chi connectivity index (χ0) is 17.7. The highest BCUT2D eigenvalue weighted by Crippen LogP contribution is 2.35. The van der Waals surface area contributed by atoms with Crippen molar-refractivity contribution in [1.82, 2.24) is 10.2 Å². The summed E-state index contributed by atoms with van der Waals surface area (Å²) in [5.74, 6) is -0.118. The number of hydrazine groups is 1. The summed E-state index contributed by atoms with van der Waals surface area (Å²) in [7, 11) is 0. The molecule has 1 aliphatic rings. The molecule has 0 saturated heterocycles. The van der Waals surface area contributed by atoms with Gasteiger partial charge in [0.25, 0.3) is 0 Å². The number of allylic oxidation sites excluding steroid dienone is 1. The molecule has 2 rings (SSSR count). The average Bonchev–Trinajstić information content (AvgIpc) is 2.85. The zero-order valence-electron chi connectivity index (χ0n) is 15.0. The maximum absolute atomic E-state index is 11.9. The second-order valence-corrected chi connectivity index (χ2v) is 6.68. The fraction of sp³-hybridized carbons (Fsp3) is 0.526. The van der Waals surface area contributed by atoms with Crippen molar-refractivity contribution in [1.29, 1.82) is 0 Å². The molecular weight excluding hydrogens is 304 g/mol. The molecule has 1 heterocycles. The van der Waals surface area contributed by atoms with Gasteiger partial charge in [0.2, 0.25) is 0 Å². The molecule has 0 fully saturated rings. The monoisotopic (exact) mass is 332 g/mol. The minimum atomic E-state index is -0.290. The molecule has 24 heavy (non-hydrogen) atoms. The number of rotatable bonds is 7. The highest BCUT2D eigenvalue weighted by atomic mass is 16.6. The third kappa shape index (κ3) is 4.36. The van der Waals surface area contributed by atoms with E-state index in [2.05, 4.69) is 26.0 Å². The summed E-state index contributed by atoms with van der Waals surface area (Å²) < 4.78 is 5.07. The van der Waals surface area contributed by atoms with Crippen molar-refractivity contribution in [2.24, 2.45) is 11.8 Å². The van der Waals surface area contributed by atoms with Crippen LogP contribution in [-0.2, 0) is 9.53 Å². The fourth-order valence-corrected chi connectivity index (χ4v) is 2.93. The van der Waals surface area contributed by atoms with E-state index in [1.54, 1.807) is 6.92 Å². The van der Waals surface area contributed by atoms with Crippen LogP contribution in [0.4, 0.5) is 0 Å². The number of benzene rings is 1. The summed E-state index contributed by atoms with van der Waals surface area (Å²) in [6, 6.07) is 10.1. The summed E-state index contributed by atoms with van der Waals surface area (Å²) in [5.41, 5.74) is 1.86. The van der Waals surface area contributed by atoms with E-state index in [1.165, 1.54) is 5.17 Å². The molecule has 1 N–H and O–H groups in total. The minimum Gasteiger partial charge on any atom is -0.466 e. The lowest BCUT2D eigenvalue weighted by Crippen LogP contribution is -2.39. The second kappa shape index (κ2) is 8.31. The van der Waals surface area contributed by atoms with Crippen LogP contribution in [-0.4, -0.2) is 34.5 Å². The van der Waals surface area contributed by atoms with E-state index in [1.807, 2.05) is 36.2 Å². The number of hydroxylamine groups is 1. The van der Waals surface area contributed by atoms with Gasteiger partial charge >= 0.3 is 5.97 Å². The largest absolute Gasteiger partial charge is 0.466 e. The number of nitrogens with zero attached hydrogens (tertiary/aromatic N) is 2. The van der Waals surface area contributed by atoms with Gasteiger partial charge < -0.3 is 4.74 Å². The molecule has 0 spiro atoms. The van der Waals surface area contributed by atoms with Gasteiger partial charge in [0, 0.05) is 13.0 Å². The SMILES string of the molecule is CCOC(=O)C(C)CC1=CC(c2ccccc2)N(CC(C)C)N1O. The molecule has 132 valence electrons. The second-order valence-electron chi connectivity index (χ2n) is 6.68. The van der Waals surface area contributed by atoms with Gasteiger partial charge in [0.1, 0.15) is 0 Å². The molecule has 1 aromatic carbocycles. The van der Waals surface area contributed by atoms with Crippen molar-refractivity contribution in [2.75, 3.05) is 13.2 Å². The van der Waals surface area contributed by atoms with Gasteiger partial charge in [-0.15, -0.1) is 0 Å². The minimum absolute atomic E-state index is 0.0250. The summed E-state index contributed by atoms with van der Waals surface area (Å²) >= 11 is 0. The van der Waals surface area contributed by atoms with Crippen LogP contribution in [0.2, 0.25) is 0 Å². The van der Waals surface area contributed by atoms with Gasteiger partial charge in [0.05, 0.1) is 24.3 Å². The molecule has 0 amide bonds. The van der Waals surface area contributed by atoms with Crippen LogP contribution < -0.4 is 0 Å². The smallest absolute Gasteiger partial charge is 0.309 e. The molecule has 2 atom stereocenters. The summed E-state index contributed by atoms with van der Waals surface area (Å²) in [4.78, 5) is 11.9. The number of carbonyl (C=O) groups excluding carboxylic acids is 1. The van der Waals surface area contributed by atoms with Crippen molar-refractivity contribution < 1.29 is 14.7 Å². The molecule has 2 unspecified atom stereocenters. The normalized spacial score (nSPS) is 19.5. The zero-order valence-corrected chi connectivity index (χ0v) is 15.0. The maximum atomic E-state index is 11.9. The van der Waals surface area contributed by atoms with Gasteiger partial charge in [-0.25, -0.2) is 0 Å². The van der Waals surface area contributed by atoms with E-state index in [-0.39, 0.29) is 17.9 Å². The first-order valence-electron chi connectivity index (χ1n) is 8.61. The van der Waals surface area contributed by atoms with Crippen molar-refractivity contribution >= 4 is 5.97 Å². The van der Waals surface area contributed by atoms with E-state index >= 15 is 0 Å². The van der Waals surface area contributed by atoms with Crippen LogP contribution in [0.1, 0.15) is 45.7 Å². The Morgan fingerprint density at radius 1 is 1.25 bits per heavy atom. The fourth-order valence-electron chi connectivity index (χ4n) is 2.93. The van der Waals surface area contributed by atoms with E-state index in [0.717, 1.165) is 17.8 Å². The van der Waals surface area contributed by atoms with Crippen molar-refractivity contribution in [3.63, 3.8) is 0 Å². The highest BCUT2D eigenvalue weighted by Gasteiger charge is 2.34.